The summed E-state index contributed by atoms with van der Waals surface area (Å²) in [4.78, 5) is 4.05. The Balaban J connectivity index is 2.06. The number of hydrogen-bond acceptors (Lipinski definition) is 2. The molecule has 72 valence electrons. The SMILES string of the molecule is CCC(CC1CC1)n1ccnc1N. The molecule has 0 amide bonds. The zero-order valence-corrected chi connectivity index (χ0v) is 8.11. The smallest absolute Gasteiger partial charge is 0.200 e. The van der Waals surface area contributed by atoms with Crippen molar-refractivity contribution in [3.63, 3.8) is 0 Å². The quantitative estimate of drug-likeness (QED) is 0.770. The Hall–Kier alpha value is -0.990. The Labute approximate surface area is 79.0 Å². The second-order valence-corrected chi connectivity index (χ2v) is 3.93. The molecule has 0 aliphatic heterocycles. The lowest BCUT2D eigenvalue weighted by molar-refractivity contribution is 0.433. The van der Waals surface area contributed by atoms with Crippen LogP contribution in [0.5, 0.6) is 0 Å². The Kier molecular flexibility index (Phi) is 2.25. The van der Waals surface area contributed by atoms with Crippen LogP contribution in [0.25, 0.3) is 0 Å². The molecule has 1 heterocycles. The molecular formula is C10H17N3. The Morgan fingerprint density at radius 1 is 1.69 bits per heavy atom. The highest BCUT2D eigenvalue weighted by molar-refractivity contribution is 5.18. The van der Waals surface area contributed by atoms with Gasteiger partial charge in [0.15, 0.2) is 5.95 Å². The molecule has 1 fully saturated rings. The number of anilines is 1. The molecule has 2 N–H and O–H groups in total. The minimum absolute atomic E-state index is 0.565. The fourth-order valence-electron chi connectivity index (χ4n) is 1.85. The third kappa shape index (κ3) is 1.85. The average Bonchev–Trinajstić information content (AvgIpc) is 2.85. The summed E-state index contributed by atoms with van der Waals surface area (Å²) < 4.78 is 2.11. The summed E-state index contributed by atoms with van der Waals surface area (Å²) in [6.07, 6.45) is 9.01. The van der Waals surface area contributed by atoms with Gasteiger partial charge >= 0.3 is 0 Å². The van der Waals surface area contributed by atoms with Crippen molar-refractivity contribution in [2.24, 2.45) is 5.92 Å². The summed E-state index contributed by atoms with van der Waals surface area (Å²) in [6.45, 7) is 2.21. The molecule has 1 aromatic rings. The highest BCUT2D eigenvalue weighted by Gasteiger charge is 2.25. The summed E-state index contributed by atoms with van der Waals surface area (Å²) in [5.41, 5.74) is 5.77. The summed E-state index contributed by atoms with van der Waals surface area (Å²) >= 11 is 0. The van der Waals surface area contributed by atoms with Crippen LogP contribution in [0.2, 0.25) is 0 Å². The van der Waals surface area contributed by atoms with Crippen LogP contribution < -0.4 is 5.73 Å². The van der Waals surface area contributed by atoms with Crippen LogP contribution in [0.4, 0.5) is 5.95 Å². The van der Waals surface area contributed by atoms with Crippen LogP contribution in [0, 0.1) is 5.92 Å². The monoisotopic (exact) mass is 179 g/mol. The van der Waals surface area contributed by atoms with E-state index in [4.69, 9.17) is 5.73 Å². The van der Waals surface area contributed by atoms with Gasteiger partial charge in [0.2, 0.25) is 0 Å². The molecule has 2 rings (SSSR count). The van der Waals surface area contributed by atoms with E-state index in [9.17, 15) is 0 Å². The molecule has 0 radical (unpaired) electrons. The van der Waals surface area contributed by atoms with Crippen molar-refractivity contribution in [3.8, 4) is 0 Å². The Morgan fingerprint density at radius 3 is 2.92 bits per heavy atom. The summed E-state index contributed by atoms with van der Waals surface area (Å²) in [5, 5.41) is 0. The molecule has 0 spiro atoms. The standard InChI is InChI=1S/C10H17N3/c1-2-9(7-8-3-4-8)13-6-5-12-10(13)11/h5-6,8-9H,2-4,7H2,1H3,(H2,11,12). The molecule has 1 unspecified atom stereocenters. The van der Waals surface area contributed by atoms with Gasteiger partial charge in [-0.05, 0) is 18.8 Å². The van der Waals surface area contributed by atoms with Crippen LogP contribution in [-0.2, 0) is 0 Å². The maximum Gasteiger partial charge on any atom is 0.200 e. The number of aromatic nitrogens is 2. The molecule has 13 heavy (non-hydrogen) atoms. The fourth-order valence-corrected chi connectivity index (χ4v) is 1.85. The first kappa shape index (κ1) is 8.60. The van der Waals surface area contributed by atoms with Gasteiger partial charge in [-0.1, -0.05) is 19.8 Å². The van der Waals surface area contributed by atoms with Crippen molar-refractivity contribution in [2.45, 2.75) is 38.6 Å². The van der Waals surface area contributed by atoms with E-state index >= 15 is 0 Å². The summed E-state index contributed by atoms with van der Waals surface area (Å²) in [7, 11) is 0. The van der Waals surface area contributed by atoms with Crippen molar-refractivity contribution in [1.82, 2.24) is 9.55 Å². The fraction of sp³-hybridized carbons (Fsp3) is 0.700. The third-order valence-corrected chi connectivity index (χ3v) is 2.87. The first-order valence-electron chi connectivity index (χ1n) is 5.09. The highest BCUT2D eigenvalue weighted by Crippen LogP contribution is 2.38. The van der Waals surface area contributed by atoms with Crippen molar-refractivity contribution in [2.75, 3.05) is 5.73 Å². The van der Waals surface area contributed by atoms with Crippen molar-refractivity contribution in [1.29, 1.82) is 0 Å². The maximum atomic E-state index is 5.77. The predicted molar refractivity (Wildman–Crippen MR) is 53.3 cm³/mol. The van der Waals surface area contributed by atoms with E-state index in [1.165, 1.54) is 19.3 Å². The molecule has 0 aromatic carbocycles. The van der Waals surface area contributed by atoms with Gasteiger partial charge in [0.25, 0.3) is 0 Å². The van der Waals surface area contributed by atoms with E-state index in [2.05, 4.69) is 16.5 Å². The van der Waals surface area contributed by atoms with Crippen LogP contribution in [0.15, 0.2) is 12.4 Å². The van der Waals surface area contributed by atoms with Gasteiger partial charge in [-0.2, -0.15) is 0 Å². The van der Waals surface area contributed by atoms with E-state index in [0.717, 1.165) is 12.3 Å². The largest absolute Gasteiger partial charge is 0.369 e. The molecule has 1 atom stereocenters. The molecule has 3 heteroatoms. The number of nitrogens with two attached hydrogens (primary N) is 1. The van der Waals surface area contributed by atoms with Crippen LogP contribution in [-0.4, -0.2) is 9.55 Å². The minimum atomic E-state index is 0.565. The maximum absolute atomic E-state index is 5.77. The van der Waals surface area contributed by atoms with Crippen LogP contribution in [0.1, 0.15) is 38.6 Å². The molecular weight excluding hydrogens is 162 g/mol. The van der Waals surface area contributed by atoms with Crippen molar-refractivity contribution < 1.29 is 0 Å². The summed E-state index contributed by atoms with van der Waals surface area (Å²) in [5.74, 6) is 1.61. The van der Waals surface area contributed by atoms with Gasteiger partial charge in [0.1, 0.15) is 0 Å². The lowest BCUT2D eigenvalue weighted by atomic mass is 10.1. The summed E-state index contributed by atoms with van der Waals surface area (Å²) in [6, 6.07) is 0.565. The number of nitrogens with zero attached hydrogens (tertiary/aromatic N) is 2. The highest BCUT2D eigenvalue weighted by atomic mass is 15.2. The van der Waals surface area contributed by atoms with Gasteiger partial charge in [-0.15, -0.1) is 0 Å². The normalized spacial score (nSPS) is 18.8. The van der Waals surface area contributed by atoms with E-state index in [-0.39, 0.29) is 0 Å². The second kappa shape index (κ2) is 3.40. The van der Waals surface area contributed by atoms with Gasteiger partial charge < -0.3 is 10.3 Å². The number of rotatable bonds is 4. The topological polar surface area (TPSA) is 43.8 Å². The zero-order valence-electron chi connectivity index (χ0n) is 8.11. The van der Waals surface area contributed by atoms with Gasteiger partial charge in [0, 0.05) is 18.4 Å². The molecule has 0 bridgehead atoms. The number of hydrogen-bond donors (Lipinski definition) is 1. The number of nitrogen functional groups attached to an aromatic ring is 1. The average molecular weight is 179 g/mol. The molecule has 1 aliphatic rings. The van der Waals surface area contributed by atoms with Crippen molar-refractivity contribution >= 4 is 5.95 Å². The molecule has 3 nitrogen and oxygen atoms in total. The first-order chi connectivity index (χ1) is 6.31. The van der Waals surface area contributed by atoms with E-state index in [1.807, 2.05) is 6.20 Å². The van der Waals surface area contributed by atoms with Crippen LogP contribution >= 0.6 is 0 Å². The number of imidazole rings is 1. The first-order valence-corrected chi connectivity index (χ1v) is 5.09. The Morgan fingerprint density at radius 2 is 2.46 bits per heavy atom. The van der Waals surface area contributed by atoms with E-state index < -0.39 is 0 Å². The Bertz CT molecular complexity index is 275. The molecule has 1 aliphatic carbocycles. The predicted octanol–water partition coefficient (Wildman–Crippen LogP) is 2.22. The molecule has 1 aromatic heterocycles. The van der Waals surface area contributed by atoms with Gasteiger partial charge in [-0.25, -0.2) is 4.98 Å². The molecule has 0 saturated heterocycles. The lowest BCUT2D eigenvalue weighted by Gasteiger charge is -2.17. The third-order valence-electron chi connectivity index (χ3n) is 2.87. The zero-order chi connectivity index (χ0) is 9.26. The van der Waals surface area contributed by atoms with E-state index in [1.54, 1.807) is 6.20 Å². The lowest BCUT2D eigenvalue weighted by Crippen LogP contribution is -2.11. The second-order valence-electron chi connectivity index (χ2n) is 3.93. The minimum Gasteiger partial charge on any atom is -0.369 e. The van der Waals surface area contributed by atoms with Crippen LogP contribution in [0.3, 0.4) is 0 Å². The van der Waals surface area contributed by atoms with Gasteiger partial charge in [0.05, 0.1) is 0 Å². The van der Waals surface area contributed by atoms with Gasteiger partial charge in [-0.3, -0.25) is 0 Å². The van der Waals surface area contributed by atoms with E-state index in [0.29, 0.717) is 12.0 Å². The molecule has 1 saturated carbocycles. The van der Waals surface area contributed by atoms with Crippen molar-refractivity contribution in [3.05, 3.63) is 12.4 Å².